The second-order valence-corrected chi connectivity index (χ2v) is 8.07. The summed E-state index contributed by atoms with van der Waals surface area (Å²) < 4.78 is 0. The molecule has 2 heterocycles. The molecular weight excluding hydrogens is 260 g/mol. The van der Waals surface area contributed by atoms with E-state index < -0.39 is 0 Å². The summed E-state index contributed by atoms with van der Waals surface area (Å²) >= 11 is 3.90. The monoisotopic (exact) mass is 284 g/mol. The van der Waals surface area contributed by atoms with E-state index in [0.717, 1.165) is 0 Å². The van der Waals surface area contributed by atoms with Crippen LogP contribution in [-0.2, 0) is 5.54 Å². The largest absolute Gasteiger partial charge is 0.302 e. The van der Waals surface area contributed by atoms with Gasteiger partial charge in [-0.3, -0.25) is 0 Å². The SMILES string of the molecule is CC(C)NC1(c2nc(C(C)C)cs2)CCSC1C. The summed E-state index contributed by atoms with van der Waals surface area (Å²) in [6.45, 7) is 11.2. The lowest BCUT2D eigenvalue weighted by Gasteiger charge is -2.34. The van der Waals surface area contributed by atoms with Gasteiger partial charge in [-0.15, -0.1) is 11.3 Å². The van der Waals surface area contributed by atoms with Crippen LogP contribution in [0.25, 0.3) is 0 Å². The van der Waals surface area contributed by atoms with Crippen LogP contribution in [-0.4, -0.2) is 22.0 Å². The molecule has 1 aromatic heterocycles. The van der Waals surface area contributed by atoms with Gasteiger partial charge in [0.2, 0.25) is 0 Å². The van der Waals surface area contributed by atoms with Crippen LogP contribution in [0.4, 0.5) is 0 Å². The number of nitrogens with one attached hydrogen (secondary N) is 1. The minimum absolute atomic E-state index is 0.0939. The van der Waals surface area contributed by atoms with Crippen LogP contribution < -0.4 is 5.32 Å². The maximum atomic E-state index is 4.91. The van der Waals surface area contributed by atoms with Crippen molar-refractivity contribution in [2.45, 2.75) is 63.8 Å². The molecule has 2 unspecified atom stereocenters. The van der Waals surface area contributed by atoms with Gasteiger partial charge in [0.1, 0.15) is 5.01 Å². The maximum Gasteiger partial charge on any atom is 0.114 e. The molecule has 2 rings (SSSR count). The van der Waals surface area contributed by atoms with Crippen LogP contribution in [0.5, 0.6) is 0 Å². The van der Waals surface area contributed by atoms with Crippen molar-refractivity contribution in [1.29, 1.82) is 0 Å². The smallest absolute Gasteiger partial charge is 0.114 e. The third-order valence-corrected chi connectivity index (χ3v) is 5.98. The molecule has 4 heteroatoms. The first-order valence-electron chi connectivity index (χ1n) is 6.81. The summed E-state index contributed by atoms with van der Waals surface area (Å²) in [6, 6.07) is 0.498. The number of nitrogens with zero attached hydrogens (tertiary/aromatic N) is 1. The Labute approximate surface area is 119 Å². The lowest BCUT2D eigenvalue weighted by Crippen LogP contribution is -2.49. The number of hydrogen-bond acceptors (Lipinski definition) is 4. The summed E-state index contributed by atoms with van der Waals surface area (Å²) in [5.41, 5.74) is 1.33. The van der Waals surface area contributed by atoms with Gasteiger partial charge in [-0.25, -0.2) is 4.98 Å². The Kier molecular flexibility index (Phi) is 4.40. The van der Waals surface area contributed by atoms with Crippen molar-refractivity contribution in [3.8, 4) is 0 Å². The highest BCUT2D eigenvalue weighted by atomic mass is 32.2. The van der Waals surface area contributed by atoms with E-state index in [1.54, 1.807) is 0 Å². The normalized spacial score (nSPS) is 28.5. The highest BCUT2D eigenvalue weighted by molar-refractivity contribution is 8.00. The van der Waals surface area contributed by atoms with Crippen molar-refractivity contribution in [2.24, 2.45) is 0 Å². The van der Waals surface area contributed by atoms with Crippen molar-refractivity contribution in [3.05, 3.63) is 16.1 Å². The fourth-order valence-corrected chi connectivity index (χ4v) is 5.26. The van der Waals surface area contributed by atoms with Crippen molar-refractivity contribution in [1.82, 2.24) is 10.3 Å². The van der Waals surface area contributed by atoms with Gasteiger partial charge in [0.15, 0.2) is 0 Å². The molecule has 0 amide bonds. The van der Waals surface area contributed by atoms with Crippen LogP contribution in [0.3, 0.4) is 0 Å². The summed E-state index contributed by atoms with van der Waals surface area (Å²) in [5, 5.41) is 7.93. The van der Waals surface area contributed by atoms with E-state index >= 15 is 0 Å². The van der Waals surface area contributed by atoms with Crippen LogP contribution in [0.1, 0.15) is 57.7 Å². The zero-order chi connectivity index (χ0) is 13.3. The molecule has 1 N–H and O–H groups in total. The average molecular weight is 284 g/mol. The van der Waals surface area contributed by atoms with E-state index in [4.69, 9.17) is 4.98 Å². The number of hydrogen-bond donors (Lipinski definition) is 1. The average Bonchev–Trinajstić information content (AvgIpc) is 2.86. The van der Waals surface area contributed by atoms with Gasteiger partial charge in [0.05, 0.1) is 11.2 Å². The van der Waals surface area contributed by atoms with Gasteiger partial charge in [0.25, 0.3) is 0 Å². The van der Waals surface area contributed by atoms with Crippen molar-refractivity contribution in [2.75, 3.05) is 5.75 Å². The van der Waals surface area contributed by atoms with Gasteiger partial charge in [-0.05, 0) is 31.9 Å². The Bertz CT molecular complexity index is 400. The molecular formula is C14H24N2S2. The van der Waals surface area contributed by atoms with Crippen LogP contribution >= 0.6 is 23.1 Å². The molecule has 18 heavy (non-hydrogen) atoms. The zero-order valence-electron chi connectivity index (χ0n) is 12.0. The molecule has 1 aromatic rings. The molecule has 1 aliphatic heterocycles. The van der Waals surface area contributed by atoms with E-state index in [-0.39, 0.29) is 5.54 Å². The molecule has 0 radical (unpaired) electrons. The van der Waals surface area contributed by atoms with Gasteiger partial charge in [-0.2, -0.15) is 11.8 Å². The predicted molar refractivity (Wildman–Crippen MR) is 82.7 cm³/mol. The highest BCUT2D eigenvalue weighted by Gasteiger charge is 2.45. The lowest BCUT2D eigenvalue weighted by atomic mass is 9.92. The fraction of sp³-hybridized carbons (Fsp3) is 0.786. The summed E-state index contributed by atoms with van der Waals surface area (Å²) in [7, 11) is 0. The predicted octanol–water partition coefficient (Wildman–Crippen LogP) is 3.99. The molecule has 0 aliphatic carbocycles. The quantitative estimate of drug-likeness (QED) is 0.905. The Hall–Kier alpha value is -0.0600. The molecule has 0 spiro atoms. The van der Waals surface area contributed by atoms with E-state index in [1.165, 1.54) is 22.9 Å². The van der Waals surface area contributed by atoms with E-state index in [9.17, 15) is 0 Å². The number of thiazole rings is 1. The summed E-state index contributed by atoms with van der Waals surface area (Å²) in [5.74, 6) is 1.76. The fourth-order valence-electron chi connectivity index (χ4n) is 2.55. The Morgan fingerprint density at radius 1 is 1.39 bits per heavy atom. The summed E-state index contributed by atoms with van der Waals surface area (Å²) in [4.78, 5) is 4.91. The molecule has 0 saturated carbocycles. The first-order chi connectivity index (χ1) is 8.45. The minimum Gasteiger partial charge on any atom is -0.302 e. The first kappa shape index (κ1) is 14.4. The molecule has 102 valence electrons. The second kappa shape index (κ2) is 5.51. The number of rotatable bonds is 4. The molecule has 2 nitrogen and oxygen atoms in total. The molecule has 0 bridgehead atoms. The molecule has 0 aromatic carbocycles. The molecule has 1 saturated heterocycles. The van der Waals surface area contributed by atoms with Gasteiger partial charge < -0.3 is 5.32 Å². The van der Waals surface area contributed by atoms with Crippen LogP contribution in [0.15, 0.2) is 5.38 Å². The van der Waals surface area contributed by atoms with Crippen LogP contribution in [0, 0.1) is 0 Å². The van der Waals surface area contributed by atoms with Crippen LogP contribution in [0.2, 0.25) is 0 Å². The van der Waals surface area contributed by atoms with Crippen molar-refractivity contribution in [3.63, 3.8) is 0 Å². The highest BCUT2D eigenvalue weighted by Crippen LogP contribution is 2.44. The topological polar surface area (TPSA) is 24.9 Å². The van der Waals surface area contributed by atoms with E-state index in [0.29, 0.717) is 17.2 Å². The third kappa shape index (κ3) is 2.61. The Balaban J connectivity index is 2.33. The number of aromatic nitrogens is 1. The molecule has 1 fully saturated rings. The number of thioether (sulfide) groups is 1. The van der Waals surface area contributed by atoms with E-state index in [2.05, 4.69) is 57.1 Å². The Morgan fingerprint density at radius 3 is 2.56 bits per heavy atom. The lowest BCUT2D eigenvalue weighted by molar-refractivity contribution is 0.304. The Morgan fingerprint density at radius 2 is 2.11 bits per heavy atom. The standard InChI is InChI=1S/C14H24N2S2/c1-9(2)12-8-18-13(15-12)14(16-10(3)4)6-7-17-11(14)5/h8-11,16H,6-7H2,1-5H3. The van der Waals surface area contributed by atoms with Crippen molar-refractivity contribution < 1.29 is 0 Å². The van der Waals surface area contributed by atoms with Crippen molar-refractivity contribution >= 4 is 23.1 Å². The maximum absolute atomic E-state index is 4.91. The zero-order valence-corrected chi connectivity index (χ0v) is 13.6. The van der Waals surface area contributed by atoms with Gasteiger partial charge in [0, 0.05) is 16.7 Å². The molecule has 2 atom stereocenters. The molecule has 1 aliphatic rings. The van der Waals surface area contributed by atoms with Gasteiger partial charge in [-0.1, -0.05) is 20.8 Å². The first-order valence-corrected chi connectivity index (χ1v) is 8.73. The van der Waals surface area contributed by atoms with E-state index in [1.807, 2.05) is 11.3 Å². The summed E-state index contributed by atoms with van der Waals surface area (Å²) in [6.07, 6.45) is 1.20. The third-order valence-electron chi connectivity index (χ3n) is 3.60. The van der Waals surface area contributed by atoms with Gasteiger partial charge >= 0.3 is 0 Å². The second-order valence-electron chi connectivity index (χ2n) is 5.77. The minimum atomic E-state index is 0.0939.